The average Bonchev–Trinajstić information content (AvgIpc) is 2.83. The van der Waals surface area contributed by atoms with Gasteiger partial charge in [-0.1, -0.05) is 72.3 Å². The molecule has 0 radical (unpaired) electrons. The molecule has 3 aromatic rings. The monoisotopic (exact) mass is 431 g/mol. The molecule has 5 heteroatoms. The number of ether oxygens (including phenoxy) is 1. The molecule has 1 aliphatic heterocycles. The molecule has 166 valence electrons. The van der Waals surface area contributed by atoms with Gasteiger partial charge in [0.1, 0.15) is 26.2 Å². The molecule has 5 nitrogen and oxygen atoms in total. The standard InChI is InChI=1S/C27H31N3O2/c1-21-11-13-25(14-12-21)29-27(31)26(22-7-3-2-4-8-22)28-19-23-9-5-6-10-24(23)20-30-15-17-32-18-16-30/h2-14,26,28H,15-20H2,1H3,(H,29,31)/p+2/t26-/m1/s1. The fourth-order valence-corrected chi connectivity index (χ4v) is 4.19. The first-order valence-corrected chi connectivity index (χ1v) is 11.4. The van der Waals surface area contributed by atoms with Crippen LogP contribution in [0.15, 0.2) is 78.9 Å². The van der Waals surface area contributed by atoms with E-state index in [0.29, 0.717) is 0 Å². The number of carbonyl (C=O) groups is 1. The van der Waals surface area contributed by atoms with E-state index in [1.165, 1.54) is 16.7 Å². The molecule has 1 atom stereocenters. The summed E-state index contributed by atoms with van der Waals surface area (Å²) in [6, 6.07) is 26.2. The van der Waals surface area contributed by atoms with Crippen LogP contribution in [0.5, 0.6) is 0 Å². The van der Waals surface area contributed by atoms with Gasteiger partial charge >= 0.3 is 0 Å². The molecule has 1 fully saturated rings. The maximum Gasteiger partial charge on any atom is 0.287 e. The van der Waals surface area contributed by atoms with Crippen molar-refractivity contribution in [1.82, 2.24) is 0 Å². The van der Waals surface area contributed by atoms with E-state index >= 15 is 0 Å². The van der Waals surface area contributed by atoms with Crippen molar-refractivity contribution in [2.24, 2.45) is 0 Å². The van der Waals surface area contributed by atoms with Crippen molar-refractivity contribution < 1.29 is 19.7 Å². The van der Waals surface area contributed by atoms with Crippen LogP contribution in [0.3, 0.4) is 0 Å². The van der Waals surface area contributed by atoms with Gasteiger partial charge in [-0.2, -0.15) is 0 Å². The van der Waals surface area contributed by atoms with Gasteiger partial charge in [0.25, 0.3) is 5.91 Å². The highest BCUT2D eigenvalue weighted by Gasteiger charge is 2.25. The minimum absolute atomic E-state index is 0.00339. The van der Waals surface area contributed by atoms with E-state index in [1.807, 2.05) is 61.5 Å². The summed E-state index contributed by atoms with van der Waals surface area (Å²) in [6.45, 7) is 7.55. The SMILES string of the molecule is Cc1ccc(NC(=O)[C@H]([NH2+]Cc2ccccc2C[NH+]2CCOCC2)c2ccccc2)cc1. The number of quaternary nitrogens is 2. The second-order valence-electron chi connectivity index (χ2n) is 8.49. The van der Waals surface area contributed by atoms with Crippen LogP contribution in [0.25, 0.3) is 0 Å². The number of amides is 1. The van der Waals surface area contributed by atoms with E-state index in [9.17, 15) is 4.79 Å². The van der Waals surface area contributed by atoms with Crippen molar-refractivity contribution in [2.75, 3.05) is 31.6 Å². The van der Waals surface area contributed by atoms with Crippen LogP contribution in [0.4, 0.5) is 5.69 Å². The Labute approximate surface area is 190 Å². The van der Waals surface area contributed by atoms with E-state index in [2.05, 4.69) is 34.9 Å². The third kappa shape index (κ3) is 6.04. The van der Waals surface area contributed by atoms with Crippen LogP contribution in [-0.4, -0.2) is 32.2 Å². The molecule has 0 aromatic heterocycles. The largest absolute Gasteiger partial charge is 0.370 e. The Kier molecular flexibility index (Phi) is 7.67. The number of benzene rings is 3. The molecule has 32 heavy (non-hydrogen) atoms. The number of nitrogens with one attached hydrogen (secondary N) is 2. The Morgan fingerprint density at radius 1 is 0.938 bits per heavy atom. The second-order valence-corrected chi connectivity index (χ2v) is 8.49. The summed E-state index contributed by atoms with van der Waals surface area (Å²) in [5.74, 6) is -0.00339. The fraction of sp³-hybridized carbons (Fsp3) is 0.296. The lowest BCUT2D eigenvalue weighted by Gasteiger charge is -2.24. The summed E-state index contributed by atoms with van der Waals surface area (Å²) in [7, 11) is 0. The summed E-state index contributed by atoms with van der Waals surface area (Å²) in [4.78, 5) is 14.8. The van der Waals surface area contributed by atoms with Gasteiger partial charge in [0.15, 0.2) is 6.04 Å². The lowest BCUT2D eigenvalue weighted by molar-refractivity contribution is -0.921. The van der Waals surface area contributed by atoms with E-state index < -0.39 is 0 Å². The molecule has 3 aromatic carbocycles. The Balaban J connectivity index is 1.48. The number of morpholine rings is 1. The first-order valence-electron chi connectivity index (χ1n) is 11.4. The van der Waals surface area contributed by atoms with Gasteiger partial charge in [0.2, 0.25) is 0 Å². The van der Waals surface area contributed by atoms with Crippen molar-refractivity contribution >= 4 is 11.6 Å². The highest BCUT2D eigenvalue weighted by Crippen LogP contribution is 2.15. The zero-order chi connectivity index (χ0) is 22.2. The molecule has 0 spiro atoms. The number of nitrogens with two attached hydrogens (primary N) is 1. The maximum atomic E-state index is 13.3. The number of anilines is 1. The molecular weight excluding hydrogens is 398 g/mol. The van der Waals surface area contributed by atoms with Crippen LogP contribution < -0.4 is 15.5 Å². The van der Waals surface area contributed by atoms with Crippen molar-refractivity contribution in [2.45, 2.75) is 26.1 Å². The average molecular weight is 432 g/mol. The summed E-state index contributed by atoms with van der Waals surface area (Å²) < 4.78 is 5.51. The Morgan fingerprint density at radius 3 is 2.31 bits per heavy atom. The minimum Gasteiger partial charge on any atom is -0.370 e. The van der Waals surface area contributed by atoms with Crippen LogP contribution in [0.2, 0.25) is 0 Å². The van der Waals surface area contributed by atoms with Gasteiger partial charge in [-0.15, -0.1) is 0 Å². The molecule has 4 N–H and O–H groups in total. The van der Waals surface area contributed by atoms with Crippen molar-refractivity contribution in [3.63, 3.8) is 0 Å². The van der Waals surface area contributed by atoms with E-state index in [4.69, 9.17) is 4.74 Å². The third-order valence-electron chi connectivity index (χ3n) is 6.09. The normalized spacial score (nSPS) is 15.3. The van der Waals surface area contributed by atoms with Crippen LogP contribution in [-0.2, 0) is 22.6 Å². The number of hydrogen-bond acceptors (Lipinski definition) is 2. The van der Waals surface area contributed by atoms with Gasteiger partial charge in [-0.25, -0.2) is 0 Å². The van der Waals surface area contributed by atoms with Crippen molar-refractivity contribution in [1.29, 1.82) is 0 Å². The lowest BCUT2D eigenvalue weighted by Crippen LogP contribution is -3.12. The minimum atomic E-state index is -0.318. The highest BCUT2D eigenvalue weighted by atomic mass is 16.5. The lowest BCUT2D eigenvalue weighted by atomic mass is 10.0. The van der Waals surface area contributed by atoms with Gasteiger partial charge in [-0.3, -0.25) is 4.79 Å². The molecule has 1 amide bonds. The van der Waals surface area contributed by atoms with Crippen molar-refractivity contribution in [3.05, 3.63) is 101 Å². The number of hydrogen-bond donors (Lipinski definition) is 3. The summed E-state index contributed by atoms with van der Waals surface area (Å²) in [5.41, 5.74) is 5.65. The van der Waals surface area contributed by atoms with Gasteiger partial charge in [0, 0.05) is 22.4 Å². The smallest absolute Gasteiger partial charge is 0.287 e. The Bertz CT molecular complexity index is 999. The molecule has 0 bridgehead atoms. The quantitative estimate of drug-likeness (QED) is 0.510. The first kappa shape index (κ1) is 22.2. The van der Waals surface area contributed by atoms with Crippen molar-refractivity contribution in [3.8, 4) is 0 Å². The van der Waals surface area contributed by atoms with E-state index in [-0.39, 0.29) is 11.9 Å². The highest BCUT2D eigenvalue weighted by molar-refractivity contribution is 5.94. The topological polar surface area (TPSA) is 59.4 Å². The van der Waals surface area contributed by atoms with Crippen LogP contribution in [0, 0.1) is 6.92 Å². The molecular formula is C27H33N3O2+2. The number of rotatable bonds is 8. The fourth-order valence-electron chi connectivity index (χ4n) is 4.19. The molecule has 1 saturated heterocycles. The number of carbonyl (C=O) groups excluding carboxylic acids is 1. The molecule has 1 heterocycles. The zero-order valence-corrected chi connectivity index (χ0v) is 18.7. The predicted octanol–water partition coefficient (Wildman–Crippen LogP) is 1.85. The molecule has 0 aliphatic carbocycles. The Hall–Kier alpha value is -2.99. The maximum absolute atomic E-state index is 13.3. The van der Waals surface area contributed by atoms with Gasteiger partial charge in [-0.05, 0) is 19.1 Å². The molecule has 0 saturated carbocycles. The van der Waals surface area contributed by atoms with Crippen LogP contribution >= 0.6 is 0 Å². The van der Waals surface area contributed by atoms with E-state index in [1.54, 1.807) is 4.90 Å². The molecule has 0 unspecified atom stereocenters. The molecule has 4 rings (SSSR count). The zero-order valence-electron chi connectivity index (χ0n) is 18.7. The Morgan fingerprint density at radius 2 is 1.59 bits per heavy atom. The number of aryl methyl sites for hydroxylation is 1. The van der Waals surface area contributed by atoms with Gasteiger partial charge < -0.3 is 20.3 Å². The summed E-state index contributed by atoms with van der Waals surface area (Å²) >= 11 is 0. The summed E-state index contributed by atoms with van der Waals surface area (Å²) in [5, 5.41) is 5.24. The van der Waals surface area contributed by atoms with Gasteiger partial charge in [0.05, 0.1) is 13.2 Å². The van der Waals surface area contributed by atoms with E-state index in [0.717, 1.165) is 50.6 Å². The first-order chi connectivity index (χ1) is 15.7. The predicted molar refractivity (Wildman–Crippen MR) is 126 cm³/mol. The van der Waals surface area contributed by atoms with Crippen LogP contribution in [0.1, 0.15) is 28.3 Å². The molecule has 1 aliphatic rings. The third-order valence-corrected chi connectivity index (χ3v) is 6.09. The second kappa shape index (κ2) is 11.0. The summed E-state index contributed by atoms with van der Waals surface area (Å²) in [6.07, 6.45) is 0.